The molecule has 30 heavy (non-hydrogen) atoms. The zero-order valence-electron chi connectivity index (χ0n) is 17.6. The zero-order valence-corrected chi connectivity index (χ0v) is 17.6. The Morgan fingerprint density at radius 2 is 2.13 bits per heavy atom. The normalized spacial score (nSPS) is 31.7. The number of aliphatic hydroxyl groups excluding tert-OH is 1. The van der Waals surface area contributed by atoms with Crippen molar-refractivity contribution < 1.29 is 30.0 Å². The third kappa shape index (κ3) is 4.94. The van der Waals surface area contributed by atoms with Crippen LogP contribution in [0.4, 0.5) is 0 Å². The Bertz CT molecular complexity index is 816. The van der Waals surface area contributed by atoms with Gasteiger partial charge >= 0.3 is 5.97 Å². The number of hydrogen-bond acceptors (Lipinski definition) is 5. The van der Waals surface area contributed by atoms with Gasteiger partial charge in [-0.3, -0.25) is 4.79 Å². The van der Waals surface area contributed by atoms with Gasteiger partial charge in [0, 0.05) is 24.7 Å². The number of rotatable bonds is 8. The topological polar surface area (TPSA) is 107 Å². The number of aryl methyl sites for hydroxylation is 1. The monoisotopic (exact) mass is 416 g/mol. The lowest BCUT2D eigenvalue weighted by molar-refractivity contribution is -0.214. The molecular weight excluding hydrogens is 384 g/mol. The second kappa shape index (κ2) is 9.33. The second-order valence-electron chi connectivity index (χ2n) is 8.57. The summed E-state index contributed by atoms with van der Waals surface area (Å²) < 4.78 is 6.20. The van der Waals surface area contributed by atoms with Gasteiger partial charge < -0.3 is 25.2 Å². The number of carboxylic acids is 1. The molecule has 4 N–H and O–H groups in total. The molecule has 0 saturated heterocycles. The van der Waals surface area contributed by atoms with Crippen LogP contribution in [0.15, 0.2) is 42.5 Å². The molecule has 1 aliphatic carbocycles. The molecule has 1 aromatic carbocycles. The molecule has 0 spiro atoms. The molecule has 1 aromatic rings. The summed E-state index contributed by atoms with van der Waals surface area (Å²) >= 11 is 0. The number of aliphatic carboxylic acids is 1. The van der Waals surface area contributed by atoms with Gasteiger partial charge in [0.15, 0.2) is 5.79 Å². The number of hydrogen-bond donors (Lipinski definition) is 4. The highest BCUT2D eigenvalue weighted by Gasteiger charge is 2.48. The van der Waals surface area contributed by atoms with E-state index < -0.39 is 17.9 Å². The molecule has 6 heteroatoms. The fourth-order valence-electron chi connectivity index (χ4n) is 4.52. The molecule has 1 fully saturated rings. The number of benzene rings is 1. The zero-order chi connectivity index (χ0) is 21.9. The first-order valence-corrected chi connectivity index (χ1v) is 10.6. The summed E-state index contributed by atoms with van der Waals surface area (Å²) in [5.74, 6) is -2.46. The highest BCUT2D eigenvalue weighted by Crippen LogP contribution is 2.45. The Kier molecular flexibility index (Phi) is 7.01. The summed E-state index contributed by atoms with van der Waals surface area (Å²) in [6, 6.07) is 5.26. The van der Waals surface area contributed by atoms with Crippen molar-refractivity contribution >= 4 is 5.97 Å². The maximum Gasteiger partial charge on any atom is 0.303 e. The van der Waals surface area contributed by atoms with Crippen LogP contribution in [0.5, 0.6) is 5.75 Å². The van der Waals surface area contributed by atoms with Gasteiger partial charge in [0.05, 0.1) is 12.2 Å². The van der Waals surface area contributed by atoms with Crippen molar-refractivity contribution in [2.45, 2.75) is 69.9 Å². The van der Waals surface area contributed by atoms with Crippen LogP contribution in [0.1, 0.15) is 56.1 Å². The molecule has 0 aromatic heterocycles. The first-order chi connectivity index (χ1) is 14.2. The largest absolute Gasteiger partial charge is 0.508 e. The summed E-state index contributed by atoms with van der Waals surface area (Å²) in [5.41, 5.74) is 1.61. The maximum absolute atomic E-state index is 11.3. The minimum absolute atomic E-state index is 0.0507. The molecule has 164 valence electrons. The van der Waals surface area contributed by atoms with E-state index >= 15 is 0 Å². The molecule has 1 heterocycles. The van der Waals surface area contributed by atoms with Gasteiger partial charge in [0.2, 0.25) is 0 Å². The number of ether oxygens (including phenoxy) is 1. The number of unbranched alkanes of at least 4 members (excludes halogenated alkanes) is 1. The van der Waals surface area contributed by atoms with Crippen molar-refractivity contribution in [2.24, 2.45) is 11.8 Å². The van der Waals surface area contributed by atoms with Crippen LogP contribution in [-0.4, -0.2) is 44.4 Å². The second-order valence-corrected chi connectivity index (χ2v) is 8.57. The molecule has 3 unspecified atom stereocenters. The molecule has 0 radical (unpaired) electrons. The van der Waals surface area contributed by atoms with E-state index in [4.69, 9.17) is 9.84 Å². The minimum Gasteiger partial charge on any atom is -0.508 e. The van der Waals surface area contributed by atoms with E-state index in [0.29, 0.717) is 25.7 Å². The van der Waals surface area contributed by atoms with E-state index in [1.165, 1.54) is 0 Å². The Labute approximate surface area is 177 Å². The lowest BCUT2D eigenvalue weighted by Crippen LogP contribution is -2.40. The quantitative estimate of drug-likeness (QED) is 0.381. The number of carbonyl (C=O) groups is 1. The van der Waals surface area contributed by atoms with Gasteiger partial charge in [0.25, 0.3) is 0 Å². The van der Waals surface area contributed by atoms with Gasteiger partial charge in [0.1, 0.15) is 5.75 Å². The van der Waals surface area contributed by atoms with Crippen LogP contribution in [0.2, 0.25) is 0 Å². The van der Waals surface area contributed by atoms with Crippen molar-refractivity contribution in [3.8, 4) is 5.75 Å². The first-order valence-electron chi connectivity index (χ1n) is 10.6. The number of fused-ring (bicyclic) bond motifs is 2. The van der Waals surface area contributed by atoms with Crippen LogP contribution in [0.25, 0.3) is 0 Å². The fraction of sp³-hybridized carbons (Fsp3) is 0.542. The van der Waals surface area contributed by atoms with Gasteiger partial charge in [-0.05, 0) is 55.4 Å². The van der Waals surface area contributed by atoms with E-state index in [-0.39, 0.29) is 36.0 Å². The fourth-order valence-corrected chi connectivity index (χ4v) is 4.52. The number of aromatic hydroxyl groups is 1. The van der Waals surface area contributed by atoms with Crippen LogP contribution in [-0.2, 0) is 9.53 Å². The number of carboxylic acid groups (broad SMARTS) is 1. The van der Waals surface area contributed by atoms with Crippen molar-refractivity contribution in [1.29, 1.82) is 0 Å². The van der Waals surface area contributed by atoms with Crippen LogP contribution in [0.3, 0.4) is 0 Å². The maximum atomic E-state index is 11.3. The number of aliphatic hydroxyl groups is 2. The molecule has 1 saturated carbocycles. The van der Waals surface area contributed by atoms with E-state index in [0.717, 1.165) is 11.1 Å². The van der Waals surface area contributed by atoms with Crippen LogP contribution in [0, 0.1) is 18.8 Å². The smallest absolute Gasteiger partial charge is 0.303 e. The Morgan fingerprint density at radius 3 is 2.83 bits per heavy atom. The molecule has 6 atom stereocenters. The lowest BCUT2D eigenvalue weighted by atomic mass is 9.88. The van der Waals surface area contributed by atoms with E-state index in [1.54, 1.807) is 18.2 Å². The minimum atomic E-state index is -1.49. The molecule has 6 nitrogen and oxygen atoms in total. The van der Waals surface area contributed by atoms with Gasteiger partial charge in [-0.2, -0.15) is 0 Å². The average molecular weight is 417 g/mol. The molecule has 2 aliphatic rings. The predicted molar refractivity (Wildman–Crippen MR) is 113 cm³/mol. The summed E-state index contributed by atoms with van der Waals surface area (Å²) in [5, 5.41) is 40.3. The molecular formula is C24H32O6. The third-order valence-corrected chi connectivity index (χ3v) is 6.47. The van der Waals surface area contributed by atoms with Crippen molar-refractivity contribution in [1.82, 2.24) is 0 Å². The van der Waals surface area contributed by atoms with Gasteiger partial charge in [-0.1, -0.05) is 37.3 Å². The number of allylic oxidation sites excluding steroid dienone is 2. The summed E-state index contributed by atoms with van der Waals surface area (Å²) in [6.45, 7) is 3.71. The Morgan fingerprint density at radius 1 is 1.37 bits per heavy atom. The van der Waals surface area contributed by atoms with Crippen molar-refractivity contribution in [3.63, 3.8) is 0 Å². The standard InChI is InChI=1S/C24H32O6/c1-15-13-17(9-10-20(15)25)16(2)24(29)12-11-18-19(22(30-24)14-21(18)26)7-5-3-4-6-8-23(27)28/h3,5,9-13,16,18-19,21-22,25-26,29H,4,6-8,14H2,1-2H3,(H,27,28)/t16?,18-,19-,21+,22?,24?/m1/s1. The van der Waals surface area contributed by atoms with E-state index in [9.17, 15) is 20.1 Å². The lowest BCUT2D eigenvalue weighted by Gasteiger charge is -2.35. The highest BCUT2D eigenvalue weighted by atomic mass is 16.6. The number of phenols is 1. The van der Waals surface area contributed by atoms with Crippen molar-refractivity contribution in [2.75, 3.05) is 0 Å². The summed E-state index contributed by atoms with van der Waals surface area (Å²) in [6.07, 6.45) is 9.40. The van der Waals surface area contributed by atoms with Gasteiger partial charge in [-0.25, -0.2) is 0 Å². The van der Waals surface area contributed by atoms with Crippen LogP contribution < -0.4 is 0 Å². The molecule has 3 rings (SSSR count). The predicted octanol–water partition coefficient (Wildman–Crippen LogP) is 3.65. The Hall–Kier alpha value is -2.15. The SMILES string of the molecule is Cc1cc(C(C)C2(O)C=C[C@H]3[C@@H](O)CC(O2)[C@@H]3CC=CCCCC(=O)O)ccc1O. The highest BCUT2D eigenvalue weighted by molar-refractivity contribution is 5.66. The average Bonchev–Trinajstić information content (AvgIpc) is 2.88. The molecule has 2 bridgehead atoms. The van der Waals surface area contributed by atoms with Crippen molar-refractivity contribution in [3.05, 3.63) is 53.6 Å². The summed E-state index contributed by atoms with van der Waals surface area (Å²) in [4.78, 5) is 10.6. The van der Waals surface area contributed by atoms with Crippen LogP contribution >= 0.6 is 0 Å². The first kappa shape index (κ1) is 22.5. The van der Waals surface area contributed by atoms with Gasteiger partial charge in [-0.15, -0.1) is 0 Å². The van der Waals surface area contributed by atoms with E-state index in [1.807, 2.05) is 38.1 Å². The third-order valence-electron chi connectivity index (χ3n) is 6.47. The molecule has 0 amide bonds. The Balaban J connectivity index is 1.70. The van der Waals surface area contributed by atoms with E-state index in [2.05, 4.69) is 0 Å². The molecule has 1 aliphatic heterocycles. The summed E-state index contributed by atoms with van der Waals surface area (Å²) in [7, 11) is 0. The number of phenolic OH excluding ortho intramolecular Hbond substituents is 1.